The number of carbonyl (C=O) groups is 1. The second kappa shape index (κ2) is 6.48. The molecule has 0 spiro atoms. The molecule has 8 heteroatoms. The molecule has 1 aromatic heterocycles. The first-order valence-corrected chi connectivity index (χ1v) is 8.42. The smallest absolute Gasteiger partial charge is 0.308 e. The van der Waals surface area contributed by atoms with Crippen molar-refractivity contribution < 1.29 is 9.72 Å². The third-order valence-electron chi connectivity index (χ3n) is 3.99. The van der Waals surface area contributed by atoms with Gasteiger partial charge in [-0.1, -0.05) is 17.4 Å². The van der Waals surface area contributed by atoms with Gasteiger partial charge in [0.15, 0.2) is 0 Å². The highest BCUT2D eigenvalue weighted by Gasteiger charge is 2.18. The molecular weight excluding hydrogens is 342 g/mol. The molecule has 0 unspecified atom stereocenters. The normalized spacial score (nSPS) is 10.8. The number of aromatic nitrogens is 1. The predicted octanol–water partition coefficient (Wildman–Crippen LogP) is 3.55. The van der Waals surface area contributed by atoms with Crippen molar-refractivity contribution >= 4 is 38.8 Å². The van der Waals surface area contributed by atoms with Crippen molar-refractivity contribution in [1.29, 1.82) is 0 Å². The van der Waals surface area contributed by atoms with E-state index in [1.807, 2.05) is 6.92 Å². The van der Waals surface area contributed by atoms with Gasteiger partial charge >= 0.3 is 4.87 Å². The van der Waals surface area contributed by atoms with Gasteiger partial charge in [0, 0.05) is 29.4 Å². The largest absolute Gasteiger partial charge is 0.322 e. The first kappa shape index (κ1) is 16.8. The van der Waals surface area contributed by atoms with Crippen LogP contribution in [0.4, 0.5) is 11.4 Å². The summed E-state index contributed by atoms with van der Waals surface area (Å²) in [5.41, 5.74) is 1.82. The molecule has 0 aliphatic rings. The number of hydrogen-bond donors (Lipinski definition) is 1. The van der Waals surface area contributed by atoms with E-state index >= 15 is 0 Å². The zero-order valence-corrected chi connectivity index (χ0v) is 14.4. The highest BCUT2D eigenvalue weighted by Crippen LogP contribution is 2.24. The number of nitro groups is 1. The van der Waals surface area contributed by atoms with Gasteiger partial charge in [0.25, 0.3) is 11.6 Å². The molecular formula is C17H15N3O4S. The topological polar surface area (TPSA) is 94.2 Å². The number of amides is 1. The molecule has 0 bridgehead atoms. The molecule has 25 heavy (non-hydrogen) atoms. The van der Waals surface area contributed by atoms with Gasteiger partial charge in [0.05, 0.1) is 15.1 Å². The molecule has 0 radical (unpaired) electrons. The molecule has 1 N–H and O–H groups in total. The number of fused-ring (bicyclic) bond motifs is 1. The summed E-state index contributed by atoms with van der Waals surface area (Å²) in [5, 5.41) is 13.7. The summed E-state index contributed by atoms with van der Waals surface area (Å²) in [5.74, 6) is -0.428. The Morgan fingerprint density at radius 1 is 1.32 bits per heavy atom. The summed E-state index contributed by atoms with van der Waals surface area (Å²) >= 11 is 1.12. The van der Waals surface area contributed by atoms with Crippen molar-refractivity contribution in [3.8, 4) is 0 Å². The molecule has 0 aliphatic heterocycles. The van der Waals surface area contributed by atoms with Crippen LogP contribution in [0.5, 0.6) is 0 Å². The van der Waals surface area contributed by atoms with E-state index in [1.54, 1.807) is 35.8 Å². The minimum Gasteiger partial charge on any atom is -0.322 e. The van der Waals surface area contributed by atoms with Gasteiger partial charge in [0.1, 0.15) is 0 Å². The van der Waals surface area contributed by atoms with Crippen molar-refractivity contribution in [3.05, 3.63) is 67.3 Å². The minimum atomic E-state index is -0.511. The van der Waals surface area contributed by atoms with Gasteiger partial charge in [0.2, 0.25) is 0 Å². The zero-order chi connectivity index (χ0) is 18.1. The second-order valence-corrected chi connectivity index (χ2v) is 6.45. The van der Waals surface area contributed by atoms with Gasteiger partial charge < -0.3 is 5.32 Å². The lowest BCUT2D eigenvalue weighted by Crippen LogP contribution is -2.14. The molecule has 0 atom stereocenters. The van der Waals surface area contributed by atoms with Crippen LogP contribution in [0.2, 0.25) is 0 Å². The van der Waals surface area contributed by atoms with E-state index in [0.29, 0.717) is 17.8 Å². The number of carbonyl (C=O) groups excluding carboxylic acids is 1. The molecule has 0 aliphatic carbocycles. The number of nitrogens with one attached hydrogen (secondary N) is 1. The van der Waals surface area contributed by atoms with Gasteiger partial charge in [-0.2, -0.15) is 0 Å². The van der Waals surface area contributed by atoms with E-state index in [4.69, 9.17) is 0 Å². The van der Waals surface area contributed by atoms with E-state index in [0.717, 1.165) is 21.6 Å². The van der Waals surface area contributed by atoms with Crippen molar-refractivity contribution in [2.75, 3.05) is 5.32 Å². The Morgan fingerprint density at radius 2 is 2.08 bits per heavy atom. The van der Waals surface area contributed by atoms with Crippen molar-refractivity contribution in [3.63, 3.8) is 0 Å². The Bertz CT molecular complexity index is 1050. The Hall–Kier alpha value is -3.00. The van der Waals surface area contributed by atoms with Gasteiger partial charge in [-0.05, 0) is 38.1 Å². The maximum absolute atomic E-state index is 12.5. The van der Waals surface area contributed by atoms with Crippen LogP contribution in [0.15, 0.2) is 41.2 Å². The summed E-state index contributed by atoms with van der Waals surface area (Å²) < 4.78 is 2.44. The highest BCUT2D eigenvalue weighted by molar-refractivity contribution is 7.16. The van der Waals surface area contributed by atoms with Crippen LogP contribution >= 0.6 is 11.3 Å². The second-order valence-electron chi connectivity index (χ2n) is 5.46. The lowest BCUT2D eigenvalue weighted by molar-refractivity contribution is -0.385. The lowest BCUT2D eigenvalue weighted by atomic mass is 10.1. The van der Waals surface area contributed by atoms with Crippen molar-refractivity contribution in [1.82, 2.24) is 4.57 Å². The number of thiazole rings is 1. The molecule has 1 heterocycles. The standard InChI is InChI=1S/C17H15N3O4S/c1-3-19-14-8-7-11(9-15(14)25-17(19)22)18-16(21)12-5-4-6-13(10(12)2)20(23)24/h4-9H,3H2,1-2H3,(H,18,21). The minimum absolute atomic E-state index is 0.0458. The lowest BCUT2D eigenvalue weighted by Gasteiger charge is -2.08. The van der Waals surface area contributed by atoms with Gasteiger partial charge in [-0.25, -0.2) is 0 Å². The number of rotatable bonds is 4. The van der Waals surface area contributed by atoms with E-state index < -0.39 is 10.8 Å². The Kier molecular flexibility index (Phi) is 4.37. The molecule has 0 fully saturated rings. The molecule has 7 nitrogen and oxygen atoms in total. The molecule has 3 rings (SSSR count). The van der Waals surface area contributed by atoms with Crippen LogP contribution in [-0.2, 0) is 6.54 Å². The van der Waals surface area contributed by atoms with Crippen LogP contribution in [0, 0.1) is 17.0 Å². The van der Waals surface area contributed by atoms with Crippen LogP contribution in [0.25, 0.3) is 10.2 Å². The zero-order valence-electron chi connectivity index (χ0n) is 13.6. The van der Waals surface area contributed by atoms with Crippen molar-refractivity contribution in [2.45, 2.75) is 20.4 Å². The summed E-state index contributed by atoms with van der Waals surface area (Å²) in [6, 6.07) is 9.62. The average Bonchev–Trinajstić information content (AvgIpc) is 2.88. The maximum atomic E-state index is 12.5. The fourth-order valence-corrected chi connectivity index (χ4v) is 3.70. The quantitative estimate of drug-likeness (QED) is 0.571. The van der Waals surface area contributed by atoms with Crippen LogP contribution < -0.4 is 10.2 Å². The molecule has 128 valence electrons. The number of aryl methyl sites for hydroxylation is 1. The van der Waals surface area contributed by atoms with Crippen LogP contribution in [-0.4, -0.2) is 15.4 Å². The fourth-order valence-electron chi connectivity index (χ4n) is 2.71. The monoisotopic (exact) mass is 357 g/mol. The molecule has 2 aromatic carbocycles. The SMILES string of the molecule is CCn1c(=O)sc2cc(NC(=O)c3cccc([N+](=O)[O-])c3C)ccc21. The predicted molar refractivity (Wildman–Crippen MR) is 97.5 cm³/mol. The molecule has 3 aromatic rings. The third-order valence-corrected chi connectivity index (χ3v) is 4.93. The van der Waals surface area contributed by atoms with E-state index in [9.17, 15) is 19.7 Å². The third kappa shape index (κ3) is 3.03. The van der Waals surface area contributed by atoms with Crippen molar-refractivity contribution in [2.24, 2.45) is 0 Å². The fraction of sp³-hybridized carbons (Fsp3) is 0.176. The Balaban J connectivity index is 1.94. The average molecular weight is 357 g/mol. The van der Waals surface area contributed by atoms with Gasteiger partial charge in [-0.3, -0.25) is 24.3 Å². The highest BCUT2D eigenvalue weighted by atomic mass is 32.1. The number of anilines is 1. The first-order chi connectivity index (χ1) is 11.9. The van der Waals surface area contributed by atoms with Crippen LogP contribution in [0.3, 0.4) is 0 Å². The van der Waals surface area contributed by atoms with E-state index in [2.05, 4.69) is 5.32 Å². The number of nitrogens with zero attached hydrogens (tertiary/aromatic N) is 2. The van der Waals surface area contributed by atoms with E-state index in [1.165, 1.54) is 12.1 Å². The molecule has 0 saturated carbocycles. The summed E-state index contributed by atoms with van der Waals surface area (Å²) in [6.45, 7) is 4.02. The number of benzene rings is 2. The first-order valence-electron chi connectivity index (χ1n) is 7.61. The van der Waals surface area contributed by atoms with E-state index in [-0.39, 0.29) is 16.1 Å². The summed E-state index contributed by atoms with van der Waals surface area (Å²) in [4.78, 5) is 34.8. The molecule has 0 saturated heterocycles. The summed E-state index contributed by atoms with van der Waals surface area (Å²) in [7, 11) is 0. The number of nitro benzene ring substituents is 1. The molecule has 1 amide bonds. The van der Waals surface area contributed by atoms with Crippen LogP contribution in [0.1, 0.15) is 22.8 Å². The van der Waals surface area contributed by atoms with Gasteiger partial charge in [-0.15, -0.1) is 0 Å². The maximum Gasteiger partial charge on any atom is 0.308 e. The number of hydrogen-bond acceptors (Lipinski definition) is 5. The Morgan fingerprint density at radius 3 is 2.76 bits per heavy atom. The summed E-state index contributed by atoms with van der Waals surface area (Å²) in [6.07, 6.45) is 0. The Labute approximate surface area is 146 Å².